The monoisotopic (exact) mass is 365 g/mol. The van der Waals surface area contributed by atoms with E-state index >= 15 is 0 Å². The number of hydrogen-bond donors (Lipinski definition) is 1. The third-order valence-corrected chi connectivity index (χ3v) is 4.00. The van der Waals surface area contributed by atoms with Crippen LogP contribution >= 0.6 is 0 Å². The van der Waals surface area contributed by atoms with Gasteiger partial charge in [0.1, 0.15) is 5.52 Å². The molecule has 1 aromatic heterocycles. The van der Waals surface area contributed by atoms with Crippen molar-refractivity contribution in [3.63, 3.8) is 0 Å². The maximum absolute atomic E-state index is 12.8. The third kappa shape index (κ3) is 4.34. The second-order valence-electron chi connectivity index (χ2n) is 7.57. The molecule has 2 aromatic carbocycles. The first-order chi connectivity index (χ1) is 12.7. The zero-order valence-electron chi connectivity index (χ0n) is 15.9. The number of nitrogens with zero attached hydrogens (tertiary/aromatic N) is 2. The molecule has 0 aliphatic rings. The molecule has 0 saturated carbocycles. The van der Waals surface area contributed by atoms with Gasteiger partial charge in [-0.05, 0) is 39.0 Å². The van der Waals surface area contributed by atoms with Crippen molar-refractivity contribution in [2.45, 2.75) is 26.3 Å². The molecule has 6 nitrogen and oxygen atoms in total. The first kappa shape index (κ1) is 18.6. The number of fused-ring (bicyclic) bond motifs is 1. The minimum absolute atomic E-state index is 0.0106. The maximum Gasteiger partial charge on any atom is 0.254 e. The van der Waals surface area contributed by atoms with Crippen molar-refractivity contribution in [3.05, 3.63) is 54.1 Å². The predicted molar refractivity (Wildman–Crippen MR) is 104 cm³/mol. The van der Waals surface area contributed by atoms with Gasteiger partial charge < -0.3 is 14.7 Å². The van der Waals surface area contributed by atoms with Crippen molar-refractivity contribution in [1.82, 2.24) is 15.4 Å². The standard InChI is InChI=1S/C21H23N3O3/c1-21(2,3)22-18(25)13-24(4)20(26)15-10-11-17-16(12-15)19(27-23-17)14-8-6-5-7-9-14/h5-12H,13H2,1-4H3,(H,22,25). The fourth-order valence-electron chi connectivity index (χ4n) is 2.84. The summed E-state index contributed by atoms with van der Waals surface area (Å²) in [6.07, 6.45) is 0. The van der Waals surface area contributed by atoms with Gasteiger partial charge in [-0.3, -0.25) is 9.59 Å². The van der Waals surface area contributed by atoms with Crippen LogP contribution in [0.15, 0.2) is 53.1 Å². The number of carbonyl (C=O) groups excluding carboxylic acids is 2. The number of hydrogen-bond acceptors (Lipinski definition) is 4. The molecule has 1 heterocycles. The lowest BCUT2D eigenvalue weighted by Gasteiger charge is -2.23. The molecule has 3 aromatic rings. The second-order valence-corrected chi connectivity index (χ2v) is 7.57. The maximum atomic E-state index is 12.8. The highest BCUT2D eigenvalue weighted by Crippen LogP contribution is 2.29. The molecule has 0 bridgehead atoms. The average molecular weight is 365 g/mol. The molecule has 0 aliphatic carbocycles. The quantitative estimate of drug-likeness (QED) is 0.768. The van der Waals surface area contributed by atoms with E-state index in [2.05, 4.69) is 10.5 Å². The summed E-state index contributed by atoms with van der Waals surface area (Å²) in [6, 6.07) is 14.8. The van der Waals surface area contributed by atoms with Gasteiger partial charge in [0.25, 0.3) is 5.91 Å². The minimum Gasteiger partial charge on any atom is -0.355 e. The molecule has 0 fully saturated rings. The molecule has 0 unspecified atom stereocenters. The third-order valence-electron chi connectivity index (χ3n) is 4.00. The number of rotatable bonds is 4. The molecule has 2 amide bonds. The normalized spacial score (nSPS) is 11.4. The van der Waals surface area contributed by atoms with Gasteiger partial charge in [0.15, 0.2) is 5.76 Å². The number of likely N-dealkylation sites (N-methyl/N-ethyl adjacent to an activating group) is 1. The van der Waals surface area contributed by atoms with Gasteiger partial charge in [-0.1, -0.05) is 35.5 Å². The van der Waals surface area contributed by atoms with Crippen LogP contribution in [0.3, 0.4) is 0 Å². The summed E-state index contributed by atoms with van der Waals surface area (Å²) in [5.74, 6) is 0.184. The van der Waals surface area contributed by atoms with E-state index in [4.69, 9.17) is 4.52 Å². The smallest absolute Gasteiger partial charge is 0.254 e. The van der Waals surface area contributed by atoms with Gasteiger partial charge in [0.05, 0.1) is 11.9 Å². The van der Waals surface area contributed by atoms with Crippen LogP contribution < -0.4 is 5.32 Å². The fourth-order valence-corrected chi connectivity index (χ4v) is 2.84. The lowest BCUT2D eigenvalue weighted by atomic mass is 10.1. The Bertz CT molecular complexity index is 971. The van der Waals surface area contributed by atoms with E-state index in [0.717, 1.165) is 10.9 Å². The molecular weight excluding hydrogens is 342 g/mol. The highest BCUT2D eigenvalue weighted by molar-refractivity contribution is 6.01. The molecule has 1 N–H and O–H groups in total. The number of amides is 2. The van der Waals surface area contributed by atoms with Gasteiger partial charge >= 0.3 is 0 Å². The number of carbonyl (C=O) groups is 2. The molecule has 0 spiro atoms. The van der Waals surface area contributed by atoms with Gasteiger partial charge in [-0.25, -0.2) is 0 Å². The van der Waals surface area contributed by atoms with Crippen LogP contribution in [0, 0.1) is 0 Å². The van der Waals surface area contributed by atoms with Crippen molar-refractivity contribution < 1.29 is 14.1 Å². The van der Waals surface area contributed by atoms with Crippen LogP contribution in [-0.2, 0) is 4.79 Å². The minimum atomic E-state index is -0.340. The Labute approximate surface area is 158 Å². The Morgan fingerprint density at radius 1 is 1.11 bits per heavy atom. The van der Waals surface area contributed by atoms with Gasteiger partial charge in [-0.2, -0.15) is 0 Å². The van der Waals surface area contributed by atoms with E-state index in [-0.39, 0.29) is 23.9 Å². The summed E-state index contributed by atoms with van der Waals surface area (Å²) >= 11 is 0. The van der Waals surface area contributed by atoms with Crippen LogP contribution in [0.25, 0.3) is 22.2 Å². The molecule has 0 saturated heterocycles. The number of nitrogens with one attached hydrogen (secondary N) is 1. The molecule has 140 valence electrons. The summed E-state index contributed by atoms with van der Waals surface area (Å²) in [5, 5.41) is 7.68. The van der Waals surface area contributed by atoms with Crippen LogP contribution in [0.4, 0.5) is 0 Å². The van der Waals surface area contributed by atoms with Crippen molar-refractivity contribution in [2.24, 2.45) is 0 Å². The molecule has 0 atom stereocenters. The highest BCUT2D eigenvalue weighted by Gasteiger charge is 2.20. The van der Waals surface area contributed by atoms with Gasteiger partial charge in [0.2, 0.25) is 5.91 Å². The Balaban J connectivity index is 1.84. The van der Waals surface area contributed by atoms with Gasteiger partial charge in [0, 0.05) is 23.7 Å². The topological polar surface area (TPSA) is 75.4 Å². The largest absolute Gasteiger partial charge is 0.355 e. The summed E-state index contributed by atoms with van der Waals surface area (Å²) in [6.45, 7) is 5.69. The van der Waals surface area contributed by atoms with Crippen molar-refractivity contribution in [1.29, 1.82) is 0 Å². The SMILES string of the molecule is CN(CC(=O)NC(C)(C)C)C(=O)c1ccc2noc(-c3ccccc3)c2c1. The van der Waals surface area contributed by atoms with Crippen LogP contribution in [0.1, 0.15) is 31.1 Å². The van der Waals surface area contributed by atoms with E-state index in [9.17, 15) is 9.59 Å². The molecule has 3 rings (SSSR count). The first-order valence-electron chi connectivity index (χ1n) is 8.76. The zero-order chi connectivity index (χ0) is 19.6. The molecular formula is C21H23N3O3. The van der Waals surface area contributed by atoms with E-state index in [0.29, 0.717) is 16.8 Å². The van der Waals surface area contributed by atoms with Gasteiger partial charge in [-0.15, -0.1) is 0 Å². The second kappa shape index (κ2) is 7.23. The molecule has 6 heteroatoms. The van der Waals surface area contributed by atoms with E-state index in [1.165, 1.54) is 4.90 Å². The summed E-state index contributed by atoms with van der Waals surface area (Å²) < 4.78 is 5.48. The predicted octanol–water partition coefficient (Wildman–Crippen LogP) is 3.48. The summed E-state index contributed by atoms with van der Waals surface area (Å²) in [5.41, 5.74) is 1.71. The van der Waals surface area contributed by atoms with E-state index in [1.54, 1.807) is 25.2 Å². The van der Waals surface area contributed by atoms with Crippen LogP contribution in [-0.4, -0.2) is 41.0 Å². The van der Waals surface area contributed by atoms with Crippen LogP contribution in [0.5, 0.6) is 0 Å². The Hall–Kier alpha value is -3.15. The van der Waals surface area contributed by atoms with E-state index in [1.807, 2.05) is 51.1 Å². The van der Waals surface area contributed by atoms with Crippen molar-refractivity contribution in [2.75, 3.05) is 13.6 Å². The van der Waals surface area contributed by atoms with E-state index < -0.39 is 0 Å². The molecule has 0 aliphatic heterocycles. The molecule has 0 radical (unpaired) electrons. The number of benzene rings is 2. The van der Waals surface area contributed by atoms with Crippen molar-refractivity contribution >= 4 is 22.7 Å². The Morgan fingerprint density at radius 2 is 1.81 bits per heavy atom. The van der Waals surface area contributed by atoms with Crippen molar-refractivity contribution in [3.8, 4) is 11.3 Å². The lowest BCUT2D eigenvalue weighted by molar-refractivity contribution is -0.122. The zero-order valence-corrected chi connectivity index (χ0v) is 15.9. The molecule has 27 heavy (non-hydrogen) atoms. The average Bonchev–Trinajstić information content (AvgIpc) is 3.03. The Morgan fingerprint density at radius 3 is 2.48 bits per heavy atom. The fraction of sp³-hybridized carbons (Fsp3) is 0.286. The highest BCUT2D eigenvalue weighted by atomic mass is 16.5. The Kier molecular flexibility index (Phi) is 4.99. The van der Waals surface area contributed by atoms with Crippen LogP contribution in [0.2, 0.25) is 0 Å². The summed E-state index contributed by atoms with van der Waals surface area (Å²) in [7, 11) is 1.61. The number of aromatic nitrogens is 1. The first-order valence-corrected chi connectivity index (χ1v) is 8.76. The lowest BCUT2D eigenvalue weighted by Crippen LogP contribution is -2.46. The summed E-state index contributed by atoms with van der Waals surface area (Å²) in [4.78, 5) is 26.2.